The number of carboxylic acids is 1. The highest BCUT2D eigenvalue weighted by Gasteiger charge is 2.36. The molecule has 92 valence electrons. The smallest absolute Gasteiger partial charge is 0.407 e. The van der Waals surface area contributed by atoms with E-state index in [2.05, 4.69) is 5.32 Å². The van der Waals surface area contributed by atoms with E-state index in [4.69, 9.17) is 9.84 Å². The number of nitrogens with one attached hydrogen (secondary N) is 1. The topological polar surface area (TPSA) is 75.6 Å². The number of ether oxygens (including phenoxy) is 1. The van der Waals surface area contributed by atoms with E-state index in [1.165, 1.54) is 0 Å². The molecule has 0 saturated heterocycles. The number of carbonyl (C=O) groups is 2. The Kier molecular flexibility index (Phi) is 3.78. The summed E-state index contributed by atoms with van der Waals surface area (Å²) in [6, 6.07) is 0. The van der Waals surface area contributed by atoms with Crippen molar-refractivity contribution in [3.63, 3.8) is 0 Å². The molecule has 1 rings (SSSR count). The van der Waals surface area contributed by atoms with Crippen molar-refractivity contribution in [2.24, 2.45) is 11.8 Å². The van der Waals surface area contributed by atoms with Gasteiger partial charge in [-0.15, -0.1) is 0 Å². The number of alkyl carbamates (subject to hydrolysis) is 1. The average Bonchev–Trinajstić information content (AvgIpc) is 1.96. The van der Waals surface area contributed by atoms with Crippen LogP contribution in [0.5, 0.6) is 0 Å². The van der Waals surface area contributed by atoms with Gasteiger partial charge in [-0.3, -0.25) is 4.79 Å². The molecule has 0 aliphatic heterocycles. The van der Waals surface area contributed by atoms with Crippen LogP contribution in [0.15, 0.2) is 0 Å². The molecule has 0 aromatic carbocycles. The monoisotopic (exact) mass is 229 g/mol. The maximum absolute atomic E-state index is 11.3. The van der Waals surface area contributed by atoms with Gasteiger partial charge in [0.15, 0.2) is 0 Å². The lowest BCUT2D eigenvalue weighted by Crippen LogP contribution is -2.42. The summed E-state index contributed by atoms with van der Waals surface area (Å²) < 4.78 is 5.05. The summed E-state index contributed by atoms with van der Waals surface area (Å²) >= 11 is 0. The molecule has 0 bridgehead atoms. The van der Waals surface area contributed by atoms with E-state index in [1.807, 2.05) is 0 Å². The Morgan fingerprint density at radius 3 is 2.38 bits per heavy atom. The highest BCUT2D eigenvalue weighted by Crippen LogP contribution is 2.33. The first kappa shape index (κ1) is 12.8. The van der Waals surface area contributed by atoms with Gasteiger partial charge in [0, 0.05) is 6.54 Å². The summed E-state index contributed by atoms with van der Waals surface area (Å²) in [7, 11) is 0. The Morgan fingerprint density at radius 2 is 2.00 bits per heavy atom. The zero-order chi connectivity index (χ0) is 12.3. The fourth-order valence-electron chi connectivity index (χ4n) is 1.67. The molecule has 5 nitrogen and oxygen atoms in total. The number of aliphatic carboxylic acids is 1. The van der Waals surface area contributed by atoms with Crippen LogP contribution in [-0.4, -0.2) is 29.3 Å². The molecule has 5 heteroatoms. The van der Waals surface area contributed by atoms with E-state index in [-0.39, 0.29) is 11.8 Å². The third-order valence-electron chi connectivity index (χ3n) is 2.64. The minimum atomic E-state index is -0.776. The Labute approximate surface area is 95.2 Å². The van der Waals surface area contributed by atoms with Gasteiger partial charge in [0.2, 0.25) is 0 Å². The first-order valence-corrected chi connectivity index (χ1v) is 5.49. The van der Waals surface area contributed by atoms with E-state index in [9.17, 15) is 9.59 Å². The van der Waals surface area contributed by atoms with Crippen molar-refractivity contribution in [1.82, 2.24) is 5.32 Å². The second-order valence-corrected chi connectivity index (χ2v) is 5.16. The highest BCUT2D eigenvalue weighted by molar-refractivity contribution is 5.72. The molecule has 2 atom stereocenters. The van der Waals surface area contributed by atoms with Crippen LogP contribution < -0.4 is 5.32 Å². The molecule has 0 aromatic heterocycles. The number of carboxylic acid groups (broad SMARTS) is 1. The van der Waals surface area contributed by atoms with Crippen LogP contribution >= 0.6 is 0 Å². The van der Waals surface area contributed by atoms with Gasteiger partial charge in [-0.05, 0) is 39.5 Å². The molecule has 0 aromatic rings. The quantitative estimate of drug-likeness (QED) is 0.771. The van der Waals surface area contributed by atoms with E-state index < -0.39 is 17.7 Å². The zero-order valence-corrected chi connectivity index (χ0v) is 9.95. The van der Waals surface area contributed by atoms with Crippen molar-refractivity contribution in [3.8, 4) is 0 Å². The van der Waals surface area contributed by atoms with Crippen LogP contribution in [-0.2, 0) is 9.53 Å². The first-order chi connectivity index (χ1) is 7.29. The minimum absolute atomic E-state index is 0.0463. The van der Waals surface area contributed by atoms with Crippen LogP contribution in [0.1, 0.15) is 33.6 Å². The Morgan fingerprint density at radius 1 is 1.38 bits per heavy atom. The lowest BCUT2D eigenvalue weighted by Gasteiger charge is -2.33. The molecular formula is C11H19NO4. The molecule has 1 aliphatic carbocycles. The molecule has 0 unspecified atom stereocenters. The lowest BCUT2D eigenvalue weighted by atomic mass is 9.74. The third-order valence-corrected chi connectivity index (χ3v) is 2.64. The van der Waals surface area contributed by atoms with Crippen molar-refractivity contribution in [3.05, 3.63) is 0 Å². The molecular weight excluding hydrogens is 210 g/mol. The van der Waals surface area contributed by atoms with Gasteiger partial charge in [-0.1, -0.05) is 0 Å². The Balaban J connectivity index is 2.25. The summed E-state index contributed by atoms with van der Waals surface area (Å²) in [5, 5.41) is 11.4. The van der Waals surface area contributed by atoms with Gasteiger partial charge >= 0.3 is 12.1 Å². The second-order valence-electron chi connectivity index (χ2n) is 5.16. The standard InChI is InChI=1S/C11H19NO4/c1-11(2,3)16-10(15)12-6-7-4-5-8(7)9(13)14/h7-8H,4-6H2,1-3H3,(H,12,15)(H,13,14)/t7-,8+/m1/s1. The molecule has 0 radical (unpaired) electrons. The van der Waals surface area contributed by atoms with Crippen molar-refractivity contribution >= 4 is 12.1 Å². The third kappa shape index (κ3) is 3.72. The number of rotatable bonds is 3. The number of carbonyl (C=O) groups excluding carboxylic acids is 1. The minimum Gasteiger partial charge on any atom is -0.481 e. The van der Waals surface area contributed by atoms with Gasteiger partial charge in [-0.2, -0.15) is 0 Å². The predicted octanol–water partition coefficient (Wildman–Crippen LogP) is 1.62. The van der Waals surface area contributed by atoms with E-state index in [0.717, 1.165) is 6.42 Å². The van der Waals surface area contributed by atoms with Gasteiger partial charge in [0.25, 0.3) is 0 Å². The molecule has 1 saturated carbocycles. The van der Waals surface area contributed by atoms with Crippen LogP contribution in [0.2, 0.25) is 0 Å². The lowest BCUT2D eigenvalue weighted by molar-refractivity contribution is -0.147. The fraction of sp³-hybridized carbons (Fsp3) is 0.818. The SMILES string of the molecule is CC(C)(C)OC(=O)NC[C@H]1CC[C@@H]1C(=O)O. The molecule has 16 heavy (non-hydrogen) atoms. The van der Waals surface area contributed by atoms with Crippen molar-refractivity contribution in [2.75, 3.05) is 6.54 Å². The summed E-state index contributed by atoms with van der Waals surface area (Å²) in [5.41, 5.74) is -0.518. The second kappa shape index (κ2) is 4.72. The van der Waals surface area contributed by atoms with Gasteiger partial charge in [0.1, 0.15) is 5.60 Å². The number of hydrogen-bond donors (Lipinski definition) is 2. The summed E-state index contributed by atoms with van der Waals surface area (Å²) in [6.07, 6.45) is 1.08. The first-order valence-electron chi connectivity index (χ1n) is 5.49. The van der Waals surface area contributed by atoms with Crippen LogP contribution in [0, 0.1) is 11.8 Å². The van der Waals surface area contributed by atoms with Crippen LogP contribution in [0.25, 0.3) is 0 Å². The summed E-state index contributed by atoms with van der Waals surface area (Å²) in [4.78, 5) is 22.0. The average molecular weight is 229 g/mol. The maximum atomic E-state index is 11.3. The van der Waals surface area contributed by atoms with E-state index >= 15 is 0 Å². The fourth-order valence-corrected chi connectivity index (χ4v) is 1.67. The van der Waals surface area contributed by atoms with Gasteiger partial charge in [0.05, 0.1) is 5.92 Å². The molecule has 0 spiro atoms. The Hall–Kier alpha value is -1.26. The van der Waals surface area contributed by atoms with Crippen LogP contribution in [0.3, 0.4) is 0 Å². The normalized spacial score (nSPS) is 24.4. The number of amides is 1. The molecule has 1 amide bonds. The zero-order valence-electron chi connectivity index (χ0n) is 9.95. The van der Waals surface area contributed by atoms with Crippen molar-refractivity contribution in [1.29, 1.82) is 0 Å². The molecule has 0 heterocycles. The Bertz CT molecular complexity index is 282. The van der Waals surface area contributed by atoms with E-state index in [0.29, 0.717) is 13.0 Å². The maximum Gasteiger partial charge on any atom is 0.407 e. The van der Waals surface area contributed by atoms with Crippen molar-refractivity contribution < 1.29 is 19.4 Å². The van der Waals surface area contributed by atoms with Crippen LogP contribution in [0.4, 0.5) is 4.79 Å². The molecule has 1 aliphatic rings. The van der Waals surface area contributed by atoms with Crippen molar-refractivity contribution in [2.45, 2.75) is 39.2 Å². The van der Waals surface area contributed by atoms with Gasteiger partial charge < -0.3 is 15.2 Å². The molecule has 2 N–H and O–H groups in total. The van der Waals surface area contributed by atoms with Gasteiger partial charge in [-0.25, -0.2) is 4.79 Å². The summed E-state index contributed by atoms with van der Waals surface area (Å²) in [5.74, 6) is -1.04. The largest absolute Gasteiger partial charge is 0.481 e. The predicted molar refractivity (Wildman–Crippen MR) is 58.1 cm³/mol. The van der Waals surface area contributed by atoms with E-state index in [1.54, 1.807) is 20.8 Å². The number of hydrogen-bond acceptors (Lipinski definition) is 3. The summed E-state index contributed by atoms with van der Waals surface area (Å²) in [6.45, 7) is 5.74. The highest BCUT2D eigenvalue weighted by atomic mass is 16.6. The molecule has 1 fully saturated rings.